The molecule has 0 aliphatic carbocycles. The summed E-state index contributed by atoms with van der Waals surface area (Å²) in [5.41, 5.74) is 1.59. The largest absolute Gasteiger partial charge is 0.457 e. The van der Waals surface area contributed by atoms with E-state index >= 15 is 0 Å². The van der Waals surface area contributed by atoms with E-state index in [2.05, 4.69) is 22.0 Å². The quantitative estimate of drug-likeness (QED) is 0.406. The lowest BCUT2D eigenvalue weighted by Crippen LogP contribution is -2.49. The fraction of sp³-hybridized carbons (Fsp3) is 0.222. The molecule has 1 atom stereocenters. The number of carbonyl (C=O) groups is 1. The van der Waals surface area contributed by atoms with E-state index in [1.807, 2.05) is 89.8 Å². The maximum absolute atomic E-state index is 13.0. The van der Waals surface area contributed by atoms with Crippen molar-refractivity contribution in [2.24, 2.45) is 0 Å². The van der Waals surface area contributed by atoms with Crippen molar-refractivity contribution in [3.8, 4) is 22.9 Å². The van der Waals surface area contributed by atoms with Gasteiger partial charge in [-0.1, -0.05) is 53.7 Å². The molecule has 5 rings (SSSR count). The van der Waals surface area contributed by atoms with Crippen LogP contribution in [0.4, 0.5) is 0 Å². The Bertz CT molecular complexity index is 1220. The monoisotopic (exact) mass is 454 g/mol. The number of rotatable bonds is 6. The first-order valence-corrected chi connectivity index (χ1v) is 11.4. The first-order valence-electron chi connectivity index (χ1n) is 11.4. The molecule has 0 bridgehead atoms. The highest BCUT2D eigenvalue weighted by Gasteiger charge is 2.28. The summed E-state index contributed by atoms with van der Waals surface area (Å²) in [5.74, 6) is 2.69. The van der Waals surface area contributed by atoms with Gasteiger partial charge in [-0.3, -0.25) is 9.69 Å². The highest BCUT2D eigenvalue weighted by Crippen LogP contribution is 2.25. The van der Waals surface area contributed by atoms with Crippen LogP contribution < -0.4 is 4.74 Å². The lowest BCUT2D eigenvalue weighted by Gasteiger charge is -2.36. The fourth-order valence-electron chi connectivity index (χ4n) is 4.05. The third-order valence-corrected chi connectivity index (χ3v) is 6.06. The normalized spacial score (nSPS) is 15.1. The van der Waals surface area contributed by atoms with Gasteiger partial charge in [-0.2, -0.15) is 4.98 Å². The van der Waals surface area contributed by atoms with E-state index in [1.54, 1.807) is 0 Å². The molecular formula is C27H26N4O3. The highest BCUT2D eigenvalue weighted by molar-refractivity contribution is 5.94. The van der Waals surface area contributed by atoms with Crippen molar-refractivity contribution in [2.45, 2.75) is 13.0 Å². The van der Waals surface area contributed by atoms with Crippen molar-refractivity contribution >= 4 is 5.91 Å². The van der Waals surface area contributed by atoms with E-state index in [9.17, 15) is 4.79 Å². The molecule has 1 aromatic heterocycles. The van der Waals surface area contributed by atoms with Crippen molar-refractivity contribution in [2.75, 3.05) is 26.2 Å². The molecule has 34 heavy (non-hydrogen) atoms. The Morgan fingerprint density at radius 2 is 1.47 bits per heavy atom. The van der Waals surface area contributed by atoms with Gasteiger partial charge in [-0.05, 0) is 43.3 Å². The van der Waals surface area contributed by atoms with Crippen LogP contribution in [0.25, 0.3) is 11.4 Å². The van der Waals surface area contributed by atoms with E-state index in [0.717, 1.165) is 24.4 Å². The van der Waals surface area contributed by atoms with Crippen molar-refractivity contribution in [3.05, 3.63) is 96.4 Å². The minimum atomic E-state index is -0.0170. The maximum Gasteiger partial charge on any atom is 0.253 e. The molecule has 7 heteroatoms. The van der Waals surface area contributed by atoms with Crippen LogP contribution in [0.15, 0.2) is 89.5 Å². The Balaban J connectivity index is 1.16. The van der Waals surface area contributed by atoms with E-state index in [0.29, 0.717) is 36.1 Å². The lowest BCUT2D eigenvalue weighted by atomic mass is 10.1. The Morgan fingerprint density at radius 1 is 0.853 bits per heavy atom. The maximum atomic E-state index is 13.0. The lowest BCUT2D eigenvalue weighted by molar-refractivity contribution is 0.0551. The molecule has 0 radical (unpaired) electrons. The van der Waals surface area contributed by atoms with Crippen LogP contribution in [-0.2, 0) is 0 Å². The summed E-state index contributed by atoms with van der Waals surface area (Å²) in [6.45, 7) is 4.83. The summed E-state index contributed by atoms with van der Waals surface area (Å²) in [6.07, 6.45) is 0. The van der Waals surface area contributed by atoms with Gasteiger partial charge in [0.05, 0.1) is 6.04 Å². The number of piperazine rings is 1. The van der Waals surface area contributed by atoms with Gasteiger partial charge >= 0.3 is 0 Å². The van der Waals surface area contributed by atoms with Crippen molar-refractivity contribution < 1.29 is 14.1 Å². The molecule has 1 unspecified atom stereocenters. The van der Waals surface area contributed by atoms with Crippen molar-refractivity contribution in [1.29, 1.82) is 0 Å². The second-order valence-electron chi connectivity index (χ2n) is 8.27. The number of carbonyl (C=O) groups excluding carboxylic acids is 1. The zero-order chi connectivity index (χ0) is 23.3. The zero-order valence-corrected chi connectivity index (χ0v) is 19.0. The number of ether oxygens (including phenoxy) is 1. The molecule has 1 aliphatic rings. The van der Waals surface area contributed by atoms with Gasteiger partial charge in [0.1, 0.15) is 11.5 Å². The molecule has 0 saturated carbocycles. The number of para-hydroxylation sites is 1. The second kappa shape index (κ2) is 9.89. The van der Waals surface area contributed by atoms with Gasteiger partial charge in [0.15, 0.2) is 0 Å². The van der Waals surface area contributed by atoms with Crippen LogP contribution in [-0.4, -0.2) is 52.0 Å². The molecule has 1 fully saturated rings. The topological polar surface area (TPSA) is 71.7 Å². The summed E-state index contributed by atoms with van der Waals surface area (Å²) in [5, 5.41) is 4.13. The summed E-state index contributed by atoms with van der Waals surface area (Å²) in [7, 11) is 0. The van der Waals surface area contributed by atoms with Gasteiger partial charge in [-0.25, -0.2) is 0 Å². The van der Waals surface area contributed by atoms with Crippen LogP contribution in [0.1, 0.15) is 29.2 Å². The molecule has 1 saturated heterocycles. The zero-order valence-electron chi connectivity index (χ0n) is 19.0. The predicted octanol–water partition coefficient (Wildman–Crippen LogP) is 5.05. The molecular weight excluding hydrogens is 428 g/mol. The van der Waals surface area contributed by atoms with E-state index in [-0.39, 0.29) is 11.9 Å². The third-order valence-electron chi connectivity index (χ3n) is 6.06. The van der Waals surface area contributed by atoms with Gasteiger partial charge in [-0.15, -0.1) is 0 Å². The molecule has 1 amide bonds. The minimum absolute atomic E-state index is 0.0170. The smallest absolute Gasteiger partial charge is 0.253 e. The predicted molar refractivity (Wildman–Crippen MR) is 129 cm³/mol. The average Bonchev–Trinajstić information content (AvgIpc) is 3.40. The SMILES string of the molecule is CC(c1nc(-c2ccccc2)no1)N1CCN(C(=O)c2ccc(Oc3ccccc3)cc2)CC1. The van der Waals surface area contributed by atoms with E-state index in [4.69, 9.17) is 9.26 Å². The van der Waals surface area contributed by atoms with Gasteiger partial charge in [0, 0.05) is 37.3 Å². The Hall–Kier alpha value is -3.97. The van der Waals surface area contributed by atoms with Crippen LogP contribution >= 0.6 is 0 Å². The minimum Gasteiger partial charge on any atom is -0.457 e. The molecule has 2 heterocycles. The highest BCUT2D eigenvalue weighted by atomic mass is 16.5. The Morgan fingerprint density at radius 3 is 2.15 bits per heavy atom. The van der Waals surface area contributed by atoms with E-state index < -0.39 is 0 Å². The fourth-order valence-corrected chi connectivity index (χ4v) is 4.05. The van der Waals surface area contributed by atoms with E-state index in [1.165, 1.54) is 0 Å². The van der Waals surface area contributed by atoms with Crippen molar-refractivity contribution in [3.63, 3.8) is 0 Å². The first-order chi connectivity index (χ1) is 16.7. The van der Waals surface area contributed by atoms with Crippen LogP contribution in [0.3, 0.4) is 0 Å². The van der Waals surface area contributed by atoms with Crippen molar-refractivity contribution in [1.82, 2.24) is 19.9 Å². The van der Waals surface area contributed by atoms with Gasteiger partial charge in [0.2, 0.25) is 11.7 Å². The summed E-state index contributed by atoms with van der Waals surface area (Å²) in [6, 6.07) is 26.7. The van der Waals surface area contributed by atoms with Gasteiger partial charge < -0.3 is 14.2 Å². The molecule has 0 spiro atoms. The number of amides is 1. The number of hydrogen-bond donors (Lipinski definition) is 0. The molecule has 7 nitrogen and oxygen atoms in total. The molecule has 3 aromatic carbocycles. The third kappa shape index (κ3) is 4.84. The number of nitrogens with zero attached hydrogens (tertiary/aromatic N) is 4. The number of hydrogen-bond acceptors (Lipinski definition) is 6. The summed E-state index contributed by atoms with van der Waals surface area (Å²) < 4.78 is 11.4. The molecule has 0 N–H and O–H groups in total. The van der Waals surface area contributed by atoms with Crippen LogP contribution in [0.2, 0.25) is 0 Å². The van der Waals surface area contributed by atoms with Gasteiger partial charge in [0.25, 0.3) is 5.91 Å². The first kappa shape index (κ1) is 21.9. The second-order valence-corrected chi connectivity index (χ2v) is 8.27. The molecule has 1 aliphatic heterocycles. The number of aromatic nitrogens is 2. The standard InChI is InChI=1S/C27H26N4O3/c1-20(26-28-25(29-34-26)21-8-4-2-5-9-21)30-16-18-31(19-17-30)27(32)22-12-14-24(15-13-22)33-23-10-6-3-7-11-23/h2-15,20H,16-19H2,1H3. The van der Waals surface area contributed by atoms with Crippen LogP contribution in [0, 0.1) is 0 Å². The number of benzene rings is 3. The molecule has 4 aromatic rings. The summed E-state index contributed by atoms with van der Waals surface area (Å²) in [4.78, 5) is 21.7. The molecule has 172 valence electrons. The van der Waals surface area contributed by atoms with Crippen LogP contribution in [0.5, 0.6) is 11.5 Å². The Kier molecular flexibility index (Phi) is 6.35. The Labute approximate surface area is 198 Å². The summed E-state index contributed by atoms with van der Waals surface area (Å²) >= 11 is 0. The average molecular weight is 455 g/mol.